The van der Waals surface area contributed by atoms with Crippen LogP contribution in [0.15, 0.2) is 17.2 Å². The highest BCUT2D eigenvalue weighted by atomic mass is 32.2. The van der Waals surface area contributed by atoms with Crippen molar-refractivity contribution < 1.29 is 19.2 Å². The molecule has 0 bridgehead atoms. The molecule has 8 heteroatoms. The molecule has 0 saturated heterocycles. The zero-order valence-corrected chi connectivity index (χ0v) is 12.1. The van der Waals surface area contributed by atoms with Gasteiger partial charge in [-0.15, -0.1) is 11.8 Å². The minimum Gasteiger partial charge on any atom is -0.465 e. The number of pyridine rings is 1. The summed E-state index contributed by atoms with van der Waals surface area (Å²) in [5.74, 6) is -0.397. The smallest absolute Gasteiger partial charge is 0.316 e. The van der Waals surface area contributed by atoms with Gasteiger partial charge in [0.1, 0.15) is 4.90 Å². The van der Waals surface area contributed by atoms with Crippen molar-refractivity contribution in [1.29, 1.82) is 0 Å². The number of thioether (sulfide) groups is 1. The molecule has 0 aliphatic heterocycles. The van der Waals surface area contributed by atoms with Gasteiger partial charge >= 0.3 is 5.97 Å². The predicted octanol–water partition coefficient (Wildman–Crippen LogP) is 2.18. The van der Waals surface area contributed by atoms with Crippen LogP contribution in [0.3, 0.4) is 0 Å². The van der Waals surface area contributed by atoms with Crippen molar-refractivity contribution in [2.75, 3.05) is 19.0 Å². The van der Waals surface area contributed by atoms with Gasteiger partial charge in [0.2, 0.25) is 0 Å². The van der Waals surface area contributed by atoms with E-state index < -0.39 is 10.9 Å². The number of carbonyl (C=O) groups excluding carboxylic acids is 1. The zero-order chi connectivity index (χ0) is 15.0. The van der Waals surface area contributed by atoms with Crippen LogP contribution in [-0.2, 0) is 20.9 Å². The fourth-order valence-corrected chi connectivity index (χ4v) is 2.12. The van der Waals surface area contributed by atoms with E-state index in [9.17, 15) is 14.9 Å². The molecule has 1 aromatic rings. The van der Waals surface area contributed by atoms with Crippen molar-refractivity contribution in [2.24, 2.45) is 0 Å². The Kier molecular flexibility index (Phi) is 6.96. The maximum atomic E-state index is 11.3. The Hall–Kier alpha value is -1.67. The second-order valence-electron chi connectivity index (χ2n) is 3.63. The summed E-state index contributed by atoms with van der Waals surface area (Å²) >= 11 is 1.04. The maximum absolute atomic E-state index is 11.3. The Labute approximate surface area is 120 Å². The number of rotatable bonds is 8. The first-order valence-corrected chi connectivity index (χ1v) is 7.06. The SMILES string of the molecule is CCOCc1cc([N+](=O)[O-])c(SCC(=O)OCC)cn1. The van der Waals surface area contributed by atoms with E-state index in [1.54, 1.807) is 6.92 Å². The van der Waals surface area contributed by atoms with Crippen molar-refractivity contribution in [1.82, 2.24) is 4.98 Å². The highest BCUT2D eigenvalue weighted by Crippen LogP contribution is 2.29. The molecule has 1 aromatic heterocycles. The normalized spacial score (nSPS) is 10.3. The van der Waals surface area contributed by atoms with E-state index >= 15 is 0 Å². The summed E-state index contributed by atoms with van der Waals surface area (Å²) in [5.41, 5.74) is 0.406. The van der Waals surface area contributed by atoms with Crippen molar-refractivity contribution in [3.8, 4) is 0 Å². The molecular formula is C12H16N2O5S. The van der Waals surface area contributed by atoms with Gasteiger partial charge in [-0.1, -0.05) is 0 Å². The van der Waals surface area contributed by atoms with Crippen molar-refractivity contribution in [3.05, 3.63) is 28.1 Å². The number of hydrogen-bond donors (Lipinski definition) is 0. The molecule has 0 aromatic carbocycles. The number of esters is 1. The molecule has 0 atom stereocenters. The minimum absolute atomic E-state index is 0.0150. The van der Waals surface area contributed by atoms with Gasteiger partial charge in [-0.05, 0) is 13.8 Å². The van der Waals surface area contributed by atoms with Gasteiger partial charge in [-0.25, -0.2) is 0 Å². The number of ether oxygens (including phenoxy) is 2. The van der Waals surface area contributed by atoms with Crippen LogP contribution in [0, 0.1) is 10.1 Å². The molecule has 1 heterocycles. The van der Waals surface area contributed by atoms with E-state index in [0.717, 1.165) is 11.8 Å². The van der Waals surface area contributed by atoms with Gasteiger partial charge in [0.05, 0.1) is 29.6 Å². The molecule has 0 saturated carbocycles. The second-order valence-corrected chi connectivity index (χ2v) is 4.65. The lowest BCUT2D eigenvalue weighted by Crippen LogP contribution is -2.07. The first-order valence-electron chi connectivity index (χ1n) is 6.07. The fourth-order valence-electron chi connectivity index (χ4n) is 1.35. The molecule has 0 N–H and O–H groups in total. The van der Waals surface area contributed by atoms with Crippen LogP contribution in [-0.4, -0.2) is 34.8 Å². The molecule has 0 unspecified atom stereocenters. The standard InChI is InChI=1S/C12H16N2O5S/c1-3-18-7-9-5-10(14(16)17)11(6-13-9)20-8-12(15)19-4-2/h5-6H,3-4,7-8H2,1-2H3. The number of nitrogens with zero attached hydrogens (tertiary/aromatic N) is 2. The van der Waals surface area contributed by atoms with Crippen LogP contribution in [0.1, 0.15) is 19.5 Å². The first kappa shape index (κ1) is 16.4. The van der Waals surface area contributed by atoms with Gasteiger partial charge < -0.3 is 9.47 Å². The molecule has 110 valence electrons. The summed E-state index contributed by atoms with van der Waals surface area (Å²) in [6, 6.07) is 1.36. The Morgan fingerprint density at radius 1 is 1.45 bits per heavy atom. The number of hydrogen-bond acceptors (Lipinski definition) is 7. The van der Waals surface area contributed by atoms with Gasteiger partial charge in [-0.3, -0.25) is 19.9 Å². The summed E-state index contributed by atoms with van der Waals surface area (Å²) in [6.45, 7) is 4.55. The van der Waals surface area contributed by atoms with E-state index in [1.807, 2.05) is 6.92 Å². The van der Waals surface area contributed by atoms with Gasteiger partial charge in [0.15, 0.2) is 0 Å². The monoisotopic (exact) mass is 300 g/mol. The van der Waals surface area contributed by atoms with Gasteiger partial charge in [0.25, 0.3) is 5.69 Å². The first-order chi connectivity index (χ1) is 9.58. The summed E-state index contributed by atoms with van der Waals surface area (Å²) < 4.78 is 9.93. The largest absolute Gasteiger partial charge is 0.465 e. The van der Waals surface area contributed by atoms with Crippen molar-refractivity contribution in [2.45, 2.75) is 25.3 Å². The lowest BCUT2D eigenvalue weighted by Gasteiger charge is -2.05. The average molecular weight is 300 g/mol. The molecular weight excluding hydrogens is 284 g/mol. The maximum Gasteiger partial charge on any atom is 0.316 e. The third-order valence-corrected chi connectivity index (χ3v) is 3.21. The summed E-state index contributed by atoms with van der Waals surface area (Å²) in [6.07, 6.45) is 1.39. The van der Waals surface area contributed by atoms with Crippen LogP contribution >= 0.6 is 11.8 Å². The Bertz CT molecular complexity index is 481. The number of carbonyl (C=O) groups is 1. The predicted molar refractivity (Wildman–Crippen MR) is 73.6 cm³/mol. The molecule has 0 radical (unpaired) electrons. The molecule has 7 nitrogen and oxygen atoms in total. The lowest BCUT2D eigenvalue weighted by molar-refractivity contribution is -0.387. The Morgan fingerprint density at radius 3 is 2.80 bits per heavy atom. The number of aromatic nitrogens is 1. The van der Waals surface area contributed by atoms with Crippen LogP contribution in [0.2, 0.25) is 0 Å². The van der Waals surface area contributed by atoms with E-state index in [1.165, 1.54) is 12.3 Å². The topological polar surface area (TPSA) is 91.6 Å². The molecule has 0 fully saturated rings. The zero-order valence-electron chi connectivity index (χ0n) is 11.3. The quantitative estimate of drug-likeness (QED) is 0.314. The number of nitro groups is 1. The van der Waals surface area contributed by atoms with Gasteiger partial charge in [-0.2, -0.15) is 0 Å². The minimum atomic E-state index is -0.495. The van der Waals surface area contributed by atoms with E-state index in [0.29, 0.717) is 17.2 Å². The summed E-state index contributed by atoms with van der Waals surface area (Å²) in [4.78, 5) is 26.2. The average Bonchev–Trinajstić information content (AvgIpc) is 2.43. The molecule has 0 aliphatic carbocycles. The van der Waals surface area contributed by atoms with Crippen molar-refractivity contribution in [3.63, 3.8) is 0 Å². The Balaban J connectivity index is 2.79. The molecule has 0 aliphatic rings. The van der Waals surface area contributed by atoms with E-state index in [-0.39, 0.29) is 24.7 Å². The van der Waals surface area contributed by atoms with Crippen molar-refractivity contribution >= 4 is 23.4 Å². The highest BCUT2D eigenvalue weighted by molar-refractivity contribution is 8.00. The van der Waals surface area contributed by atoms with Gasteiger partial charge in [0, 0.05) is 18.9 Å². The molecule has 0 amide bonds. The second kappa shape index (κ2) is 8.49. The Morgan fingerprint density at radius 2 is 2.20 bits per heavy atom. The lowest BCUT2D eigenvalue weighted by atomic mass is 10.3. The van der Waals surface area contributed by atoms with E-state index in [4.69, 9.17) is 9.47 Å². The van der Waals surface area contributed by atoms with Crippen LogP contribution in [0.4, 0.5) is 5.69 Å². The third kappa shape index (κ3) is 5.14. The fraction of sp³-hybridized carbons (Fsp3) is 0.500. The van der Waals surface area contributed by atoms with E-state index in [2.05, 4.69) is 4.98 Å². The van der Waals surface area contributed by atoms with Crippen LogP contribution in [0.5, 0.6) is 0 Å². The van der Waals surface area contributed by atoms with Crippen LogP contribution < -0.4 is 0 Å². The molecule has 1 rings (SSSR count). The molecule has 20 heavy (non-hydrogen) atoms. The highest BCUT2D eigenvalue weighted by Gasteiger charge is 2.17. The third-order valence-electron chi connectivity index (χ3n) is 2.21. The summed E-state index contributed by atoms with van der Waals surface area (Å²) in [5, 5.41) is 11.0. The summed E-state index contributed by atoms with van der Waals surface area (Å²) in [7, 11) is 0. The molecule has 0 spiro atoms. The van der Waals surface area contributed by atoms with Crippen LogP contribution in [0.25, 0.3) is 0 Å².